The van der Waals surface area contributed by atoms with Gasteiger partial charge in [-0.05, 0) is 25.8 Å². The van der Waals surface area contributed by atoms with Crippen molar-refractivity contribution in [2.24, 2.45) is 5.73 Å². The highest BCUT2D eigenvalue weighted by molar-refractivity contribution is 5.77. The van der Waals surface area contributed by atoms with Crippen molar-refractivity contribution in [3.63, 3.8) is 0 Å². The molecular formula is C14H22N2O2. The van der Waals surface area contributed by atoms with Crippen molar-refractivity contribution in [2.75, 3.05) is 7.05 Å². The van der Waals surface area contributed by atoms with Crippen LogP contribution in [0.1, 0.15) is 43.4 Å². The van der Waals surface area contributed by atoms with Crippen molar-refractivity contribution in [2.45, 2.75) is 51.1 Å². The molecule has 4 heteroatoms. The van der Waals surface area contributed by atoms with Gasteiger partial charge >= 0.3 is 0 Å². The Morgan fingerprint density at radius 1 is 1.50 bits per heavy atom. The Kier molecular flexibility index (Phi) is 3.76. The van der Waals surface area contributed by atoms with E-state index in [-0.39, 0.29) is 11.4 Å². The third-order valence-electron chi connectivity index (χ3n) is 3.90. The normalized spacial score (nSPS) is 17.9. The third-order valence-corrected chi connectivity index (χ3v) is 3.90. The monoisotopic (exact) mass is 250 g/mol. The van der Waals surface area contributed by atoms with Crippen molar-refractivity contribution >= 4 is 5.91 Å². The maximum absolute atomic E-state index is 12.2. The molecule has 1 aliphatic carbocycles. The van der Waals surface area contributed by atoms with Crippen LogP contribution in [-0.2, 0) is 11.3 Å². The van der Waals surface area contributed by atoms with Gasteiger partial charge in [-0.1, -0.05) is 12.8 Å². The number of hydrogen-bond donors (Lipinski definition) is 1. The van der Waals surface area contributed by atoms with E-state index in [1.54, 1.807) is 11.2 Å². The standard InChI is InChI=1S/C14H22N2O2/c1-11-12(5-8-18-11)10-16(2)13(17)9-14(15)6-3-4-7-14/h5,8H,3-4,6-7,9-10,15H2,1-2H3. The predicted octanol–water partition coefficient (Wildman–Crippen LogP) is 2.21. The smallest absolute Gasteiger partial charge is 0.224 e. The summed E-state index contributed by atoms with van der Waals surface area (Å²) >= 11 is 0. The molecule has 18 heavy (non-hydrogen) atoms. The fourth-order valence-corrected chi connectivity index (χ4v) is 2.61. The van der Waals surface area contributed by atoms with E-state index in [1.807, 2.05) is 20.0 Å². The van der Waals surface area contributed by atoms with E-state index in [0.717, 1.165) is 37.0 Å². The second kappa shape index (κ2) is 5.14. The summed E-state index contributed by atoms with van der Waals surface area (Å²) in [6.07, 6.45) is 6.35. The Bertz CT molecular complexity index is 419. The minimum atomic E-state index is -0.267. The van der Waals surface area contributed by atoms with Gasteiger partial charge in [0.05, 0.1) is 6.26 Å². The molecule has 2 rings (SSSR count). The zero-order chi connectivity index (χ0) is 13.2. The van der Waals surface area contributed by atoms with Gasteiger partial charge in [0.15, 0.2) is 0 Å². The van der Waals surface area contributed by atoms with Crippen molar-refractivity contribution in [3.05, 3.63) is 23.7 Å². The van der Waals surface area contributed by atoms with Crippen LogP contribution >= 0.6 is 0 Å². The lowest BCUT2D eigenvalue weighted by Crippen LogP contribution is -2.42. The molecule has 100 valence electrons. The van der Waals surface area contributed by atoms with Gasteiger partial charge in [-0.15, -0.1) is 0 Å². The summed E-state index contributed by atoms with van der Waals surface area (Å²) in [6.45, 7) is 2.51. The predicted molar refractivity (Wildman–Crippen MR) is 69.9 cm³/mol. The third kappa shape index (κ3) is 2.93. The molecule has 0 aliphatic heterocycles. The number of amides is 1. The van der Waals surface area contributed by atoms with Gasteiger partial charge in [-0.3, -0.25) is 4.79 Å². The van der Waals surface area contributed by atoms with Crippen LogP contribution in [0.3, 0.4) is 0 Å². The van der Waals surface area contributed by atoms with Gasteiger partial charge in [-0.2, -0.15) is 0 Å². The average molecular weight is 250 g/mol. The van der Waals surface area contributed by atoms with Gasteiger partial charge in [0.2, 0.25) is 5.91 Å². The van der Waals surface area contributed by atoms with E-state index in [4.69, 9.17) is 10.2 Å². The van der Waals surface area contributed by atoms with Gasteiger partial charge in [0.25, 0.3) is 0 Å². The molecule has 0 saturated heterocycles. The number of furan rings is 1. The molecule has 0 bridgehead atoms. The summed E-state index contributed by atoms with van der Waals surface area (Å²) in [5.74, 6) is 0.998. The van der Waals surface area contributed by atoms with Crippen molar-refractivity contribution in [1.29, 1.82) is 0 Å². The van der Waals surface area contributed by atoms with E-state index in [0.29, 0.717) is 13.0 Å². The van der Waals surface area contributed by atoms with Crippen LogP contribution in [0.15, 0.2) is 16.7 Å². The first kappa shape index (κ1) is 13.1. The molecule has 2 N–H and O–H groups in total. The second-order valence-electron chi connectivity index (χ2n) is 5.50. The lowest BCUT2D eigenvalue weighted by molar-refractivity contribution is -0.131. The molecule has 1 heterocycles. The largest absolute Gasteiger partial charge is 0.469 e. The summed E-state index contributed by atoms with van der Waals surface area (Å²) < 4.78 is 5.24. The van der Waals surface area contributed by atoms with E-state index < -0.39 is 0 Å². The Morgan fingerprint density at radius 2 is 2.17 bits per heavy atom. The summed E-state index contributed by atoms with van der Waals surface area (Å²) in [5.41, 5.74) is 7.03. The van der Waals surface area contributed by atoms with Gasteiger partial charge in [0, 0.05) is 31.1 Å². The topological polar surface area (TPSA) is 59.5 Å². The Labute approximate surface area is 108 Å². The zero-order valence-electron chi connectivity index (χ0n) is 11.2. The van der Waals surface area contributed by atoms with Crippen LogP contribution in [0.2, 0.25) is 0 Å². The molecule has 1 aromatic rings. The Morgan fingerprint density at radius 3 is 2.72 bits per heavy atom. The fourth-order valence-electron chi connectivity index (χ4n) is 2.61. The Balaban J connectivity index is 1.91. The van der Waals surface area contributed by atoms with Crippen LogP contribution in [0.5, 0.6) is 0 Å². The Hall–Kier alpha value is -1.29. The lowest BCUT2D eigenvalue weighted by Gasteiger charge is -2.26. The highest BCUT2D eigenvalue weighted by atomic mass is 16.3. The molecule has 1 aliphatic rings. The van der Waals surface area contributed by atoms with E-state index in [9.17, 15) is 4.79 Å². The highest BCUT2D eigenvalue weighted by Crippen LogP contribution is 2.30. The number of carbonyl (C=O) groups excluding carboxylic acids is 1. The lowest BCUT2D eigenvalue weighted by atomic mass is 9.94. The molecule has 0 radical (unpaired) electrons. The number of aryl methyl sites for hydroxylation is 1. The summed E-state index contributed by atoms with van der Waals surface area (Å²) in [5, 5.41) is 0. The van der Waals surface area contributed by atoms with Gasteiger partial charge in [0.1, 0.15) is 5.76 Å². The molecule has 0 aromatic carbocycles. The SMILES string of the molecule is Cc1occc1CN(C)C(=O)CC1(N)CCCC1. The van der Waals surface area contributed by atoms with Crippen LogP contribution < -0.4 is 5.73 Å². The van der Waals surface area contributed by atoms with E-state index in [1.165, 1.54) is 0 Å². The fraction of sp³-hybridized carbons (Fsp3) is 0.643. The number of carbonyl (C=O) groups is 1. The summed E-state index contributed by atoms with van der Waals surface area (Å²) in [7, 11) is 1.83. The number of nitrogens with zero attached hydrogens (tertiary/aromatic N) is 1. The van der Waals surface area contributed by atoms with Crippen LogP contribution in [0, 0.1) is 6.92 Å². The molecule has 1 saturated carbocycles. The minimum absolute atomic E-state index is 0.125. The maximum atomic E-state index is 12.2. The number of rotatable bonds is 4. The summed E-state index contributed by atoms with van der Waals surface area (Å²) in [6, 6.07) is 1.91. The van der Waals surface area contributed by atoms with Gasteiger partial charge < -0.3 is 15.1 Å². The van der Waals surface area contributed by atoms with E-state index in [2.05, 4.69) is 0 Å². The number of nitrogens with two attached hydrogens (primary N) is 1. The molecule has 4 nitrogen and oxygen atoms in total. The first-order chi connectivity index (χ1) is 8.50. The number of hydrogen-bond acceptors (Lipinski definition) is 3. The molecule has 0 atom stereocenters. The molecule has 1 fully saturated rings. The van der Waals surface area contributed by atoms with Crippen molar-refractivity contribution < 1.29 is 9.21 Å². The maximum Gasteiger partial charge on any atom is 0.224 e. The van der Waals surface area contributed by atoms with Crippen LogP contribution in [0.4, 0.5) is 0 Å². The molecule has 0 unspecified atom stereocenters. The first-order valence-corrected chi connectivity index (χ1v) is 6.56. The van der Waals surface area contributed by atoms with E-state index >= 15 is 0 Å². The summed E-state index contributed by atoms with van der Waals surface area (Å²) in [4.78, 5) is 13.9. The zero-order valence-corrected chi connectivity index (χ0v) is 11.2. The quantitative estimate of drug-likeness (QED) is 0.891. The second-order valence-corrected chi connectivity index (χ2v) is 5.50. The van der Waals surface area contributed by atoms with Crippen molar-refractivity contribution in [3.8, 4) is 0 Å². The van der Waals surface area contributed by atoms with Crippen molar-refractivity contribution in [1.82, 2.24) is 4.90 Å². The van der Waals surface area contributed by atoms with Gasteiger partial charge in [-0.25, -0.2) is 0 Å². The van der Waals surface area contributed by atoms with Crippen LogP contribution in [0.25, 0.3) is 0 Å². The molecule has 1 amide bonds. The molecular weight excluding hydrogens is 228 g/mol. The highest BCUT2D eigenvalue weighted by Gasteiger charge is 2.32. The molecule has 1 aromatic heterocycles. The average Bonchev–Trinajstić information content (AvgIpc) is 2.89. The first-order valence-electron chi connectivity index (χ1n) is 6.56. The molecule has 0 spiro atoms. The minimum Gasteiger partial charge on any atom is -0.469 e. The van der Waals surface area contributed by atoms with Crippen LogP contribution in [-0.4, -0.2) is 23.4 Å².